The molecule has 0 radical (unpaired) electrons. The van der Waals surface area contributed by atoms with Crippen LogP contribution in [0.15, 0.2) is 30.5 Å². The van der Waals surface area contributed by atoms with Gasteiger partial charge in [0.1, 0.15) is 17.3 Å². The van der Waals surface area contributed by atoms with Crippen molar-refractivity contribution in [1.82, 2.24) is 20.1 Å². The van der Waals surface area contributed by atoms with Crippen LogP contribution < -0.4 is 5.32 Å². The van der Waals surface area contributed by atoms with Gasteiger partial charge in [-0.3, -0.25) is 9.48 Å². The van der Waals surface area contributed by atoms with Crippen LogP contribution in [0.3, 0.4) is 0 Å². The lowest BCUT2D eigenvalue weighted by molar-refractivity contribution is 0.0950. The highest BCUT2D eigenvalue weighted by Crippen LogP contribution is 2.20. The van der Waals surface area contributed by atoms with E-state index in [0.29, 0.717) is 13.0 Å². The summed E-state index contributed by atoms with van der Waals surface area (Å²) in [6.07, 6.45) is 2.32. The van der Waals surface area contributed by atoms with Gasteiger partial charge in [0.05, 0.1) is 5.52 Å². The fraction of sp³-hybridized carbons (Fsp3) is 0.200. The van der Waals surface area contributed by atoms with Gasteiger partial charge in [0, 0.05) is 43.4 Å². The minimum absolute atomic E-state index is 0.193. The largest absolute Gasteiger partial charge is 0.350 e. The van der Waals surface area contributed by atoms with E-state index in [0.717, 1.165) is 17.8 Å². The molecule has 2 heterocycles. The van der Waals surface area contributed by atoms with Gasteiger partial charge in [-0.2, -0.15) is 5.10 Å². The molecule has 0 aliphatic rings. The number of fused-ring (bicyclic) bond motifs is 1. The Kier molecular flexibility index (Phi) is 3.62. The van der Waals surface area contributed by atoms with Crippen LogP contribution in [0, 0.1) is 11.6 Å². The summed E-state index contributed by atoms with van der Waals surface area (Å²) in [4.78, 5) is 14.8. The molecular weight excluding hydrogens is 290 g/mol. The summed E-state index contributed by atoms with van der Waals surface area (Å²) in [6, 6.07) is 5.20. The van der Waals surface area contributed by atoms with Crippen LogP contribution in [0.2, 0.25) is 0 Å². The van der Waals surface area contributed by atoms with Gasteiger partial charge >= 0.3 is 0 Å². The van der Waals surface area contributed by atoms with E-state index in [1.165, 1.54) is 6.07 Å². The topological polar surface area (TPSA) is 62.7 Å². The maximum Gasteiger partial charge on any atom is 0.267 e. The molecule has 3 rings (SSSR count). The Balaban J connectivity index is 1.70. The highest BCUT2D eigenvalue weighted by molar-refractivity contribution is 5.98. The maximum absolute atomic E-state index is 13.6. The first-order chi connectivity index (χ1) is 10.5. The van der Waals surface area contributed by atoms with Crippen molar-refractivity contribution in [2.75, 3.05) is 6.54 Å². The lowest BCUT2D eigenvalue weighted by Gasteiger charge is -2.04. The fourth-order valence-corrected chi connectivity index (χ4v) is 2.33. The molecule has 7 heteroatoms. The molecule has 1 aromatic carbocycles. The summed E-state index contributed by atoms with van der Waals surface area (Å²) in [6.45, 7) is 0.421. The van der Waals surface area contributed by atoms with Crippen molar-refractivity contribution in [2.24, 2.45) is 7.05 Å². The molecule has 0 spiro atoms. The smallest absolute Gasteiger partial charge is 0.267 e. The normalized spacial score (nSPS) is 11.0. The third-order valence-electron chi connectivity index (χ3n) is 3.49. The van der Waals surface area contributed by atoms with Gasteiger partial charge < -0.3 is 10.3 Å². The first-order valence-electron chi connectivity index (χ1n) is 6.77. The number of benzene rings is 1. The summed E-state index contributed by atoms with van der Waals surface area (Å²) >= 11 is 0. The number of H-pyrrole nitrogens is 1. The molecule has 2 aromatic heterocycles. The van der Waals surface area contributed by atoms with E-state index in [2.05, 4.69) is 15.4 Å². The second-order valence-electron chi connectivity index (χ2n) is 4.98. The SMILES string of the molecule is Cn1nccc1CCNC(=O)c1cc2c(F)cc(F)cc2[nH]1. The highest BCUT2D eigenvalue weighted by atomic mass is 19.1. The van der Waals surface area contributed by atoms with Crippen molar-refractivity contribution in [2.45, 2.75) is 6.42 Å². The van der Waals surface area contributed by atoms with Gasteiger partial charge in [-0.25, -0.2) is 8.78 Å². The average molecular weight is 304 g/mol. The van der Waals surface area contributed by atoms with Gasteiger partial charge in [0.25, 0.3) is 5.91 Å². The van der Waals surface area contributed by atoms with Crippen LogP contribution in [-0.4, -0.2) is 27.2 Å². The van der Waals surface area contributed by atoms with Crippen molar-refractivity contribution in [3.05, 3.63) is 53.5 Å². The molecule has 2 N–H and O–H groups in total. The third kappa shape index (κ3) is 2.69. The number of hydrogen-bond donors (Lipinski definition) is 2. The van der Waals surface area contributed by atoms with Crippen LogP contribution >= 0.6 is 0 Å². The zero-order chi connectivity index (χ0) is 15.7. The van der Waals surface area contributed by atoms with Crippen molar-refractivity contribution < 1.29 is 13.6 Å². The molecule has 5 nitrogen and oxygen atoms in total. The van der Waals surface area contributed by atoms with E-state index in [-0.39, 0.29) is 22.5 Å². The molecule has 0 saturated carbocycles. The van der Waals surface area contributed by atoms with Crippen molar-refractivity contribution >= 4 is 16.8 Å². The van der Waals surface area contributed by atoms with Gasteiger partial charge in [0.2, 0.25) is 0 Å². The van der Waals surface area contributed by atoms with Gasteiger partial charge in [0.15, 0.2) is 0 Å². The Bertz CT molecular complexity index is 837. The Morgan fingerprint density at radius 1 is 1.36 bits per heavy atom. The van der Waals surface area contributed by atoms with Crippen LogP contribution in [-0.2, 0) is 13.5 Å². The van der Waals surface area contributed by atoms with E-state index >= 15 is 0 Å². The average Bonchev–Trinajstić information content (AvgIpc) is 3.05. The molecule has 0 bridgehead atoms. The minimum Gasteiger partial charge on any atom is -0.350 e. The van der Waals surface area contributed by atoms with Gasteiger partial charge in [-0.1, -0.05) is 0 Å². The molecule has 0 saturated heterocycles. The summed E-state index contributed by atoms with van der Waals surface area (Å²) in [5.74, 6) is -1.74. The Labute approximate surface area is 124 Å². The Morgan fingerprint density at radius 2 is 2.18 bits per heavy atom. The van der Waals surface area contributed by atoms with Crippen LogP contribution in [0.4, 0.5) is 8.78 Å². The lowest BCUT2D eigenvalue weighted by atomic mass is 10.2. The first-order valence-corrected chi connectivity index (χ1v) is 6.77. The standard InChI is InChI=1S/C15H14F2N4O/c1-21-10(3-5-19-21)2-4-18-15(22)14-8-11-12(17)6-9(16)7-13(11)20-14/h3,5-8,20H,2,4H2,1H3,(H,18,22). The summed E-state index contributed by atoms with van der Waals surface area (Å²) in [7, 11) is 1.83. The number of amides is 1. The zero-order valence-corrected chi connectivity index (χ0v) is 11.9. The van der Waals surface area contributed by atoms with E-state index in [9.17, 15) is 13.6 Å². The number of aromatic nitrogens is 3. The van der Waals surface area contributed by atoms with Crippen LogP contribution in [0.25, 0.3) is 10.9 Å². The number of aryl methyl sites for hydroxylation is 1. The molecule has 3 aromatic rings. The molecular formula is C15H14F2N4O. The van der Waals surface area contributed by atoms with Gasteiger partial charge in [-0.05, 0) is 18.2 Å². The van der Waals surface area contributed by atoms with E-state index in [1.54, 1.807) is 10.9 Å². The number of carbonyl (C=O) groups is 1. The summed E-state index contributed by atoms with van der Waals surface area (Å²) in [5.41, 5.74) is 1.45. The van der Waals surface area contributed by atoms with Crippen molar-refractivity contribution in [1.29, 1.82) is 0 Å². The number of nitrogens with one attached hydrogen (secondary N) is 2. The molecule has 0 aliphatic heterocycles. The second-order valence-corrected chi connectivity index (χ2v) is 4.98. The quantitative estimate of drug-likeness (QED) is 0.776. The van der Waals surface area contributed by atoms with Crippen molar-refractivity contribution in [3.63, 3.8) is 0 Å². The predicted molar refractivity (Wildman–Crippen MR) is 77.5 cm³/mol. The Morgan fingerprint density at radius 3 is 2.91 bits per heavy atom. The second kappa shape index (κ2) is 5.59. The summed E-state index contributed by atoms with van der Waals surface area (Å²) in [5, 5.41) is 6.96. The number of carbonyl (C=O) groups excluding carboxylic acids is 1. The number of halogens is 2. The number of hydrogen-bond acceptors (Lipinski definition) is 2. The molecule has 0 unspecified atom stereocenters. The first kappa shape index (κ1) is 14.2. The summed E-state index contributed by atoms with van der Waals surface area (Å²) < 4.78 is 28.5. The maximum atomic E-state index is 13.6. The fourth-order valence-electron chi connectivity index (χ4n) is 2.33. The molecule has 22 heavy (non-hydrogen) atoms. The number of nitrogens with zero attached hydrogens (tertiary/aromatic N) is 2. The zero-order valence-electron chi connectivity index (χ0n) is 11.9. The van der Waals surface area contributed by atoms with E-state index in [1.807, 2.05) is 13.1 Å². The third-order valence-corrected chi connectivity index (χ3v) is 3.49. The Hall–Kier alpha value is -2.70. The van der Waals surface area contributed by atoms with Gasteiger partial charge in [-0.15, -0.1) is 0 Å². The number of aromatic amines is 1. The predicted octanol–water partition coefficient (Wildman–Crippen LogP) is 2.15. The highest BCUT2D eigenvalue weighted by Gasteiger charge is 2.13. The van der Waals surface area contributed by atoms with Crippen molar-refractivity contribution in [3.8, 4) is 0 Å². The van der Waals surface area contributed by atoms with Crippen LogP contribution in [0.1, 0.15) is 16.2 Å². The molecule has 0 aliphatic carbocycles. The molecule has 0 atom stereocenters. The monoisotopic (exact) mass is 304 g/mol. The number of rotatable bonds is 4. The molecule has 0 fully saturated rings. The van der Waals surface area contributed by atoms with E-state index < -0.39 is 11.6 Å². The minimum atomic E-state index is -0.694. The molecule has 114 valence electrons. The lowest BCUT2D eigenvalue weighted by Crippen LogP contribution is -2.26. The molecule has 1 amide bonds. The van der Waals surface area contributed by atoms with E-state index in [4.69, 9.17) is 0 Å². The van der Waals surface area contributed by atoms with Crippen LogP contribution in [0.5, 0.6) is 0 Å².